The molecule has 0 saturated carbocycles. The fourth-order valence-electron chi connectivity index (χ4n) is 4.75. The Hall–Kier alpha value is -1.37. The van der Waals surface area contributed by atoms with Crippen LogP contribution in [0.15, 0.2) is 16.5 Å². The highest BCUT2D eigenvalue weighted by Crippen LogP contribution is 2.36. The second-order valence-corrected chi connectivity index (χ2v) is 8.08. The van der Waals surface area contributed by atoms with Crippen molar-refractivity contribution in [3.05, 3.63) is 23.7 Å². The lowest BCUT2D eigenvalue weighted by atomic mass is 10.0. The van der Waals surface area contributed by atoms with Crippen molar-refractivity contribution in [3.63, 3.8) is 0 Å². The van der Waals surface area contributed by atoms with Crippen LogP contribution in [-0.4, -0.2) is 91.0 Å². The number of aryl methyl sites for hydroxylation is 1. The fraction of sp³-hybridized carbons (Fsp3) is 0.737. The summed E-state index contributed by atoms with van der Waals surface area (Å²) in [7, 11) is 4.27. The minimum absolute atomic E-state index is 0.0754. The van der Waals surface area contributed by atoms with Crippen molar-refractivity contribution in [1.29, 1.82) is 0 Å². The molecule has 0 bridgehead atoms. The smallest absolute Gasteiger partial charge is 0.240 e. The van der Waals surface area contributed by atoms with Crippen LogP contribution >= 0.6 is 0 Å². The van der Waals surface area contributed by atoms with Crippen LogP contribution in [0.2, 0.25) is 0 Å². The molecule has 1 aromatic heterocycles. The monoisotopic (exact) mass is 346 g/mol. The quantitative estimate of drug-likeness (QED) is 0.812. The average Bonchev–Trinajstić information content (AvgIpc) is 3.25. The van der Waals surface area contributed by atoms with Crippen molar-refractivity contribution in [2.75, 3.05) is 53.4 Å². The van der Waals surface area contributed by atoms with Gasteiger partial charge in [-0.25, -0.2) is 0 Å². The van der Waals surface area contributed by atoms with Gasteiger partial charge in [0.25, 0.3) is 0 Å². The van der Waals surface area contributed by atoms with E-state index in [2.05, 4.69) is 39.8 Å². The number of likely N-dealkylation sites (N-methyl/N-ethyl adjacent to an activating group) is 2. The number of fused-ring (bicyclic) bond motifs is 1. The van der Waals surface area contributed by atoms with E-state index < -0.39 is 0 Å². The highest BCUT2D eigenvalue weighted by atomic mass is 16.3. The number of likely N-dealkylation sites (tertiary alicyclic amines) is 2. The van der Waals surface area contributed by atoms with Gasteiger partial charge in [-0.2, -0.15) is 0 Å². The van der Waals surface area contributed by atoms with Gasteiger partial charge in [-0.05, 0) is 45.5 Å². The second-order valence-electron chi connectivity index (χ2n) is 8.08. The molecule has 3 aliphatic rings. The van der Waals surface area contributed by atoms with Crippen molar-refractivity contribution in [2.45, 2.75) is 32.0 Å². The predicted molar refractivity (Wildman–Crippen MR) is 96.2 cm³/mol. The van der Waals surface area contributed by atoms with Gasteiger partial charge in [0, 0.05) is 45.3 Å². The summed E-state index contributed by atoms with van der Waals surface area (Å²) < 4.78 is 5.72. The van der Waals surface area contributed by atoms with E-state index >= 15 is 0 Å². The zero-order chi connectivity index (χ0) is 17.6. The zero-order valence-electron chi connectivity index (χ0n) is 15.6. The number of carbonyl (C=O) groups is 1. The van der Waals surface area contributed by atoms with Crippen LogP contribution in [0, 0.1) is 12.8 Å². The predicted octanol–water partition coefficient (Wildman–Crippen LogP) is 0.867. The van der Waals surface area contributed by atoms with Crippen LogP contribution in [0.5, 0.6) is 0 Å². The zero-order valence-corrected chi connectivity index (χ0v) is 15.6. The first-order valence-electron chi connectivity index (χ1n) is 9.48. The molecule has 3 atom stereocenters. The van der Waals surface area contributed by atoms with E-state index in [1.165, 1.54) is 0 Å². The minimum atomic E-state index is 0.0754. The highest BCUT2D eigenvalue weighted by Gasteiger charge is 2.48. The highest BCUT2D eigenvalue weighted by molar-refractivity contribution is 5.82. The van der Waals surface area contributed by atoms with E-state index in [4.69, 9.17) is 4.42 Å². The van der Waals surface area contributed by atoms with Gasteiger partial charge in [-0.3, -0.25) is 14.6 Å². The number of piperazine rings is 1. The molecule has 0 radical (unpaired) electrons. The van der Waals surface area contributed by atoms with Crippen LogP contribution in [0.1, 0.15) is 17.9 Å². The van der Waals surface area contributed by atoms with Gasteiger partial charge >= 0.3 is 0 Å². The van der Waals surface area contributed by atoms with E-state index in [1.54, 1.807) is 0 Å². The molecule has 6 heteroatoms. The van der Waals surface area contributed by atoms with Crippen LogP contribution in [0.3, 0.4) is 0 Å². The number of furan rings is 1. The maximum Gasteiger partial charge on any atom is 0.240 e. The summed E-state index contributed by atoms with van der Waals surface area (Å²) >= 11 is 0. The molecule has 1 amide bonds. The number of amides is 1. The van der Waals surface area contributed by atoms with Gasteiger partial charge in [-0.1, -0.05) is 0 Å². The van der Waals surface area contributed by atoms with Crippen molar-refractivity contribution in [3.8, 4) is 0 Å². The van der Waals surface area contributed by atoms with E-state index in [0.717, 1.165) is 63.8 Å². The minimum Gasteiger partial charge on any atom is -0.465 e. The number of hydrogen-bond acceptors (Lipinski definition) is 5. The summed E-state index contributed by atoms with van der Waals surface area (Å²) in [5.74, 6) is 2.97. The number of carbonyl (C=O) groups excluding carboxylic acids is 1. The van der Waals surface area contributed by atoms with Gasteiger partial charge in [0.2, 0.25) is 5.91 Å². The number of hydrogen-bond donors (Lipinski definition) is 0. The number of nitrogens with zero attached hydrogens (tertiary/aromatic N) is 4. The molecule has 3 aliphatic heterocycles. The second kappa shape index (κ2) is 6.74. The molecule has 0 unspecified atom stereocenters. The van der Waals surface area contributed by atoms with Gasteiger partial charge in [0.15, 0.2) is 0 Å². The maximum atomic E-state index is 13.0. The Balaban J connectivity index is 1.34. The Bertz CT molecular complexity index is 623. The summed E-state index contributed by atoms with van der Waals surface area (Å²) in [6.45, 7) is 8.71. The normalized spacial score (nSPS) is 31.6. The van der Waals surface area contributed by atoms with Gasteiger partial charge in [-0.15, -0.1) is 0 Å². The molecule has 3 fully saturated rings. The maximum absolute atomic E-state index is 13.0. The van der Waals surface area contributed by atoms with Crippen molar-refractivity contribution >= 4 is 5.91 Å². The third kappa shape index (κ3) is 3.35. The lowest BCUT2D eigenvalue weighted by Crippen LogP contribution is -2.53. The first-order chi connectivity index (χ1) is 12.0. The molecule has 0 N–H and O–H groups in total. The van der Waals surface area contributed by atoms with Crippen LogP contribution < -0.4 is 0 Å². The standard InChI is InChI=1S/C19H30N4O2/c1-14-4-5-16(25-14)12-22-11-15-10-17(21(3)18(15)13-22)19(24)23-8-6-20(2)7-9-23/h4-5,15,17-18H,6-13H2,1-3H3/t15-,17-,18+/m0/s1. The largest absolute Gasteiger partial charge is 0.465 e. The van der Waals surface area contributed by atoms with Crippen molar-refractivity contribution in [2.24, 2.45) is 5.92 Å². The van der Waals surface area contributed by atoms with Gasteiger partial charge in [0.1, 0.15) is 11.5 Å². The summed E-state index contributed by atoms with van der Waals surface area (Å²) in [4.78, 5) is 22.2. The molecule has 4 heterocycles. The first-order valence-corrected chi connectivity index (χ1v) is 9.48. The summed E-state index contributed by atoms with van der Waals surface area (Å²) in [6, 6.07) is 4.68. The lowest BCUT2D eigenvalue weighted by Gasteiger charge is -2.36. The molecular weight excluding hydrogens is 316 g/mol. The summed E-state index contributed by atoms with van der Waals surface area (Å²) in [5, 5.41) is 0. The van der Waals surface area contributed by atoms with Crippen LogP contribution in [0.4, 0.5) is 0 Å². The van der Waals surface area contributed by atoms with E-state index in [0.29, 0.717) is 17.9 Å². The van der Waals surface area contributed by atoms with Crippen LogP contribution in [-0.2, 0) is 11.3 Å². The average molecular weight is 346 g/mol. The SMILES string of the molecule is Cc1ccc(CN2C[C@@H]3C[C@@H](C(=O)N4CCN(C)CC4)N(C)[C@@H]3C2)o1. The molecule has 0 spiro atoms. The topological polar surface area (TPSA) is 43.2 Å². The third-order valence-electron chi connectivity index (χ3n) is 6.30. The lowest BCUT2D eigenvalue weighted by molar-refractivity contribution is -0.137. The van der Waals surface area contributed by atoms with E-state index in [-0.39, 0.29) is 6.04 Å². The Morgan fingerprint density at radius 3 is 2.56 bits per heavy atom. The number of rotatable bonds is 3. The van der Waals surface area contributed by atoms with Crippen LogP contribution in [0.25, 0.3) is 0 Å². The molecule has 138 valence electrons. The third-order valence-corrected chi connectivity index (χ3v) is 6.30. The molecule has 1 aromatic rings. The molecule has 3 saturated heterocycles. The van der Waals surface area contributed by atoms with Gasteiger partial charge in [0.05, 0.1) is 12.6 Å². The fourth-order valence-corrected chi connectivity index (χ4v) is 4.75. The van der Waals surface area contributed by atoms with E-state index in [1.807, 2.05) is 13.0 Å². The molecule has 6 nitrogen and oxygen atoms in total. The first kappa shape index (κ1) is 17.1. The van der Waals surface area contributed by atoms with Crippen molar-refractivity contribution < 1.29 is 9.21 Å². The molecule has 4 rings (SSSR count). The Morgan fingerprint density at radius 1 is 1.16 bits per heavy atom. The molecule has 0 aliphatic carbocycles. The molecular formula is C19H30N4O2. The van der Waals surface area contributed by atoms with Gasteiger partial charge < -0.3 is 14.2 Å². The summed E-state index contributed by atoms with van der Waals surface area (Å²) in [6.07, 6.45) is 1.00. The molecule has 0 aromatic carbocycles. The Labute approximate surface area is 150 Å². The molecule has 25 heavy (non-hydrogen) atoms. The Morgan fingerprint density at radius 2 is 1.92 bits per heavy atom. The Kier molecular flexibility index (Phi) is 4.60. The summed E-state index contributed by atoms with van der Waals surface area (Å²) in [5.41, 5.74) is 0. The van der Waals surface area contributed by atoms with Crippen molar-refractivity contribution in [1.82, 2.24) is 19.6 Å². The van der Waals surface area contributed by atoms with E-state index in [9.17, 15) is 4.79 Å².